The molecular formula is C56H73N17O9. The molecule has 0 aliphatic rings. The Hall–Kier alpha value is -10.0. The standard InChI is InChI=1S/C56H73N17O9/c1-32(74)68-42(15-8-26-65-55(60)61)49(78)71-45(28-33-17-21-36(22-18-33)47(76)35-10-3-2-4-11-35)52(81)72-44(29-34-19-23-38(75)24-20-34)51(80)70-43(16-9-27-66-56(62)63)50(79)73-46(30-37-31-67-40-13-6-5-12-39(37)40)53(82)69-41(48(57)77)14-7-25-64-54(58)59/h2-6,10-13,17-24,31,41-46,67,75H,7-9,14-16,25-30H2,1H3,(H2,57,77)(H,68,74)(H,69,82)(H,70,80)(H,71,78)(H,72,81)(H,73,79)(H4,58,59,64)(H4,60,61,65)(H4,62,63,66)/t41-,42-,43-,44-,45-,46-/m0/s1. The van der Waals surface area contributed by atoms with Crippen molar-refractivity contribution in [2.75, 3.05) is 19.6 Å². The molecule has 6 atom stereocenters. The predicted molar refractivity (Wildman–Crippen MR) is 310 cm³/mol. The summed E-state index contributed by atoms with van der Waals surface area (Å²) in [6.07, 6.45) is 1.79. The molecule has 0 aliphatic heterocycles. The first-order valence-electron chi connectivity index (χ1n) is 26.4. The Morgan fingerprint density at radius 1 is 0.463 bits per heavy atom. The molecule has 0 saturated heterocycles. The van der Waals surface area contributed by atoms with Crippen LogP contribution in [0.1, 0.15) is 78.1 Å². The van der Waals surface area contributed by atoms with Gasteiger partial charge in [-0.05, 0) is 73.4 Å². The van der Waals surface area contributed by atoms with Crippen LogP contribution in [-0.4, -0.2) is 131 Å². The smallest absolute Gasteiger partial charge is 0.243 e. The number of benzene rings is 4. The van der Waals surface area contributed by atoms with Gasteiger partial charge in [0.2, 0.25) is 41.4 Å². The number of aromatic hydroxyl groups is 1. The van der Waals surface area contributed by atoms with Crippen LogP contribution in [0.2, 0.25) is 0 Å². The van der Waals surface area contributed by atoms with E-state index in [0.717, 1.165) is 10.9 Å². The molecule has 82 heavy (non-hydrogen) atoms. The molecule has 26 heteroatoms. The lowest BCUT2D eigenvalue weighted by Crippen LogP contribution is -2.60. The number of nitrogens with two attached hydrogens (primary N) is 7. The van der Waals surface area contributed by atoms with Crippen LogP contribution in [0.25, 0.3) is 10.9 Å². The molecule has 1 heterocycles. The number of aliphatic imine (C=N–C) groups is 3. The zero-order valence-electron chi connectivity index (χ0n) is 45.4. The fourth-order valence-corrected chi connectivity index (χ4v) is 8.74. The van der Waals surface area contributed by atoms with Gasteiger partial charge >= 0.3 is 0 Å². The van der Waals surface area contributed by atoms with Crippen LogP contribution >= 0.6 is 0 Å². The molecule has 5 aromatic rings. The molecule has 7 amide bonds. The largest absolute Gasteiger partial charge is 0.508 e. The van der Waals surface area contributed by atoms with Crippen molar-refractivity contribution >= 4 is 75.9 Å². The van der Waals surface area contributed by atoms with Gasteiger partial charge in [-0.2, -0.15) is 0 Å². The maximum atomic E-state index is 14.9. The highest BCUT2D eigenvalue weighted by atomic mass is 16.3. The van der Waals surface area contributed by atoms with Crippen LogP contribution in [0.4, 0.5) is 0 Å². The van der Waals surface area contributed by atoms with E-state index in [1.165, 1.54) is 31.2 Å². The van der Waals surface area contributed by atoms with Gasteiger partial charge in [0.25, 0.3) is 0 Å². The first-order valence-corrected chi connectivity index (χ1v) is 26.4. The number of fused-ring (bicyclic) bond motifs is 1. The van der Waals surface area contributed by atoms with Gasteiger partial charge < -0.3 is 82.1 Å². The van der Waals surface area contributed by atoms with Gasteiger partial charge in [-0.15, -0.1) is 0 Å². The van der Waals surface area contributed by atoms with Crippen molar-refractivity contribution in [1.82, 2.24) is 36.9 Å². The number of phenols is 1. The average molecular weight is 1130 g/mol. The highest BCUT2D eigenvalue weighted by molar-refractivity contribution is 6.09. The second-order valence-electron chi connectivity index (χ2n) is 19.3. The summed E-state index contributed by atoms with van der Waals surface area (Å²) < 4.78 is 0. The van der Waals surface area contributed by atoms with E-state index in [-0.39, 0.29) is 107 Å². The van der Waals surface area contributed by atoms with Gasteiger partial charge in [0, 0.05) is 74.0 Å². The van der Waals surface area contributed by atoms with Gasteiger partial charge in [0.05, 0.1) is 0 Å². The molecule has 1 aromatic heterocycles. The Kier molecular flexibility index (Phi) is 24.2. The lowest BCUT2D eigenvalue weighted by atomic mass is 9.98. The number of nitrogens with zero attached hydrogens (tertiary/aromatic N) is 3. The van der Waals surface area contributed by atoms with Gasteiger partial charge in [-0.3, -0.25) is 53.3 Å². The predicted octanol–water partition coefficient (Wildman–Crippen LogP) is -1.29. The van der Waals surface area contributed by atoms with E-state index in [2.05, 4.69) is 51.9 Å². The number of hydrogen-bond donors (Lipinski definition) is 15. The summed E-state index contributed by atoms with van der Waals surface area (Å²) in [6.45, 7) is 1.50. The monoisotopic (exact) mass is 1130 g/mol. The number of primary amides is 1. The number of amides is 7. The van der Waals surface area contributed by atoms with E-state index in [1.807, 2.05) is 18.2 Å². The fraction of sp³-hybridized carbons (Fsp3) is 0.339. The molecule has 4 aromatic carbocycles. The van der Waals surface area contributed by atoms with Crippen LogP contribution < -0.4 is 72.0 Å². The van der Waals surface area contributed by atoms with Crippen molar-refractivity contribution in [3.63, 3.8) is 0 Å². The van der Waals surface area contributed by atoms with Crippen LogP contribution in [0.15, 0.2) is 124 Å². The van der Waals surface area contributed by atoms with Gasteiger partial charge in [0.15, 0.2) is 23.7 Å². The van der Waals surface area contributed by atoms with Gasteiger partial charge in [-0.25, -0.2) is 0 Å². The molecule has 22 N–H and O–H groups in total. The summed E-state index contributed by atoms with van der Waals surface area (Å²) in [5.41, 5.74) is 41.9. The van der Waals surface area contributed by atoms with E-state index in [9.17, 15) is 43.5 Å². The SMILES string of the molecule is CC(=O)N[C@@H](CCCN=C(N)N)C(=O)N[C@@H](Cc1ccc(C(=O)c2ccccc2)cc1)C(=O)N[C@@H](Cc1ccc(O)cc1)C(=O)N[C@@H](CCCN=C(N)N)C(=O)N[C@@H](Cc1c[nH]c2ccccc12)C(=O)N[C@@H](CCCN=C(N)N)C(N)=O. The number of para-hydroxylation sites is 1. The summed E-state index contributed by atoms with van der Waals surface area (Å²) in [5, 5.41) is 27.2. The topological polar surface area (TPSA) is 464 Å². The van der Waals surface area contributed by atoms with Crippen molar-refractivity contribution in [3.8, 4) is 5.75 Å². The van der Waals surface area contributed by atoms with Crippen molar-refractivity contribution in [3.05, 3.63) is 137 Å². The number of phenolic OH excluding ortho intramolecular Hbond substituents is 1. The first-order chi connectivity index (χ1) is 39.2. The molecule has 0 radical (unpaired) electrons. The Balaban J connectivity index is 1.49. The van der Waals surface area contributed by atoms with Crippen LogP contribution in [0.3, 0.4) is 0 Å². The van der Waals surface area contributed by atoms with Gasteiger partial charge in [0.1, 0.15) is 42.0 Å². The van der Waals surface area contributed by atoms with E-state index in [4.69, 9.17) is 40.1 Å². The summed E-state index contributed by atoms with van der Waals surface area (Å²) in [7, 11) is 0. The molecule has 0 aliphatic carbocycles. The third-order valence-electron chi connectivity index (χ3n) is 12.9. The fourth-order valence-electron chi connectivity index (χ4n) is 8.74. The second-order valence-corrected chi connectivity index (χ2v) is 19.3. The lowest BCUT2D eigenvalue weighted by molar-refractivity contribution is -0.135. The lowest BCUT2D eigenvalue weighted by Gasteiger charge is -2.28. The quantitative estimate of drug-likeness (QED) is 0.0103. The third-order valence-corrected chi connectivity index (χ3v) is 12.9. The number of rotatable bonds is 32. The Bertz CT molecular complexity index is 3080. The number of carbonyl (C=O) groups is 8. The number of aromatic amines is 1. The normalized spacial score (nSPS) is 13.0. The van der Waals surface area contributed by atoms with Crippen LogP contribution in [-0.2, 0) is 52.8 Å². The van der Waals surface area contributed by atoms with Crippen molar-refractivity contribution < 1.29 is 43.5 Å². The zero-order valence-corrected chi connectivity index (χ0v) is 45.4. The number of nitrogens with one attached hydrogen (secondary N) is 7. The molecular weight excluding hydrogens is 1050 g/mol. The number of carbonyl (C=O) groups excluding carboxylic acids is 8. The molecule has 0 bridgehead atoms. The Morgan fingerprint density at radius 3 is 1.33 bits per heavy atom. The molecule has 0 fully saturated rings. The first kappa shape index (κ1) is 62.8. The van der Waals surface area contributed by atoms with E-state index in [1.54, 1.807) is 66.9 Å². The molecule has 0 spiro atoms. The second kappa shape index (κ2) is 31.5. The zero-order chi connectivity index (χ0) is 59.7. The maximum Gasteiger partial charge on any atom is 0.243 e. The molecule has 26 nitrogen and oxygen atoms in total. The minimum atomic E-state index is -1.50. The summed E-state index contributed by atoms with van der Waals surface area (Å²) in [6, 6.07) is 19.9. The van der Waals surface area contributed by atoms with E-state index >= 15 is 0 Å². The Labute approximate surface area is 473 Å². The number of H-pyrrole nitrogens is 1. The number of guanidine groups is 3. The minimum Gasteiger partial charge on any atom is -0.508 e. The van der Waals surface area contributed by atoms with E-state index in [0.29, 0.717) is 27.8 Å². The van der Waals surface area contributed by atoms with E-state index < -0.39 is 77.6 Å². The van der Waals surface area contributed by atoms with Crippen LogP contribution in [0, 0.1) is 0 Å². The summed E-state index contributed by atoms with van der Waals surface area (Å²) in [5.74, 6) is -6.45. The number of hydrogen-bond acceptors (Lipinski definition) is 12. The summed E-state index contributed by atoms with van der Waals surface area (Å²) in [4.78, 5) is 126. The van der Waals surface area contributed by atoms with Crippen molar-refractivity contribution in [2.45, 2.75) is 101 Å². The maximum absolute atomic E-state index is 14.9. The van der Waals surface area contributed by atoms with Gasteiger partial charge in [-0.1, -0.05) is 84.9 Å². The van der Waals surface area contributed by atoms with Crippen molar-refractivity contribution in [1.29, 1.82) is 0 Å². The van der Waals surface area contributed by atoms with Crippen LogP contribution in [0.5, 0.6) is 5.75 Å². The summed E-state index contributed by atoms with van der Waals surface area (Å²) >= 11 is 0. The minimum absolute atomic E-state index is 0.0194. The molecule has 5 rings (SSSR count). The average Bonchev–Trinajstić information content (AvgIpc) is 4.10. The highest BCUT2D eigenvalue weighted by Gasteiger charge is 2.34. The Morgan fingerprint density at radius 2 is 0.854 bits per heavy atom. The number of aromatic nitrogens is 1. The molecule has 0 unspecified atom stereocenters. The third kappa shape index (κ3) is 20.7. The molecule has 436 valence electrons. The molecule has 0 saturated carbocycles. The van der Waals surface area contributed by atoms with Crippen molar-refractivity contribution in [2.24, 2.45) is 55.1 Å². The highest BCUT2D eigenvalue weighted by Crippen LogP contribution is 2.20. The number of ketones is 1.